The molecule has 0 spiro atoms. The predicted molar refractivity (Wildman–Crippen MR) is 95.4 cm³/mol. The largest absolute Gasteiger partial charge is 0.454 e. The van der Waals surface area contributed by atoms with Gasteiger partial charge in [-0.3, -0.25) is 4.40 Å². The van der Waals surface area contributed by atoms with Crippen LogP contribution >= 0.6 is 0 Å². The normalized spacial score (nSPS) is 13.9. The summed E-state index contributed by atoms with van der Waals surface area (Å²) >= 11 is 0. The van der Waals surface area contributed by atoms with Crippen LogP contribution in [0.15, 0.2) is 46.8 Å². The average Bonchev–Trinajstić information content (AvgIpc) is 3.15. The summed E-state index contributed by atoms with van der Waals surface area (Å²) in [5.41, 5.74) is 3.51. The molecule has 0 N–H and O–H groups in total. The van der Waals surface area contributed by atoms with Crippen LogP contribution in [0.25, 0.3) is 5.65 Å². The summed E-state index contributed by atoms with van der Waals surface area (Å²) in [5.74, 6) is 2.19. The van der Waals surface area contributed by atoms with Crippen LogP contribution in [-0.4, -0.2) is 16.2 Å². The van der Waals surface area contributed by atoms with Crippen molar-refractivity contribution in [1.82, 2.24) is 9.38 Å². The SMILES string of the molecule is Cc1ccc2nc(C(C)(C)C)c(N=Nc3ccc4c(c3)OCO4)n2c1. The molecule has 2 aromatic heterocycles. The average molecular weight is 336 g/mol. The van der Waals surface area contributed by atoms with E-state index in [1.54, 1.807) is 0 Å². The molecule has 0 saturated carbocycles. The van der Waals surface area contributed by atoms with Gasteiger partial charge < -0.3 is 9.47 Å². The van der Waals surface area contributed by atoms with Crippen molar-refractivity contribution >= 4 is 17.2 Å². The quantitative estimate of drug-likeness (QED) is 0.613. The van der Waals surface area contributed by atoms with Crippen molar-refractivity contribution in [2.24, 2.45) is 10.2 Å². The lowest BCUT2D eigenvalue weighted by molar-refractivity contribution is 0.174. The molecule has 3 aromatic rings. The fourth-order valence-electron chi connectivity index (χ4n) is 2.79. The molecule has 1 aromatic carbocycles. The van der Waals surface area contributed by atoms with Gasteiger partial charge in [0.2, 0.25) is 6.79 Å². The molecule has 0 fully saturated rings. The second-order valence-electron chi connectivity index (χ2n) is 7.21. The number of fused-ring (bicyclic) bond motifs is 2. The maximum Gasteiger partial charge on any atom is 0.231 e. The number of aromatic nitrogens is 2. The van der Waals surface area contributed by atoms with E-state index in [9.17, 15) is 0 Å². The summed E-state index contributed by atoms with van der Waals surface area (Å²) in [4.78, 5) is 4.76. The summed E-state index contributed by atoms with van der Waals surface area (Å²) in [5, 5.41) is 8.94. The monoisotopic (exact) mass is 336 g/mol. The summed E-state index contributed by atoms with van der Waals surface area (Å²) in [6.45, 7) is 8.68. The Hall–Kier alpha value is -2.89. The molecular formula is C19H20N4O2. The zero-order valence-electron chi connectivity index (χ0n) is 14.8. The second-order valence-corrected chi connectivity index (χ2v) is 7.21. The van der Waals surface area contributed by atoms with E-state index in [0.717, 1.165) is 28.5 Å². The van der Waals surface area contributed by atoms with Gasteiger partial charge in [-0.1, -0.05) is 26.8 Å². The van der Waals surface area contributed by atoms with E-state index in [4.69, 9.17) is 14.5 Å². The number of hydrogen-bond donors (Lipinski definition) is 0. The first kappa shape index (κ1) is 15.6. The van der Waals surface area contributed by atoms with Crippen molar-refractivity contribution in [2.45, 2.75) is 33.1 Å². The van der Waals surface area contributed by atoms with Gasteiger partial charge >= 0.3 is 0 Å². The lowest BCUT2D eigenvalue weighted by Gasteiger charge is -2.15. The first-order valence-corrected chi connectivity index (χ1v) is 8.22. The van der Waals surface area contributed by atoms with Crippen LogP contribution in [0.5, 0.6) is 11.5 Å². The van der Waals surface area contributed by atoms with E-state index in [2.05, 4.69) is 37.9 Å². The number of rotatable bonds is 2. The third-order valence-corrected chi connectivity index (χ3v) is 4.07. The van der Waals surface area contributed by atoms with Crippen molar-refractivity contribution < 1.29 is 9.47 Å². The maximum absolute atomic E-state index is 5.40. The Morgan fingerprint density at radius 2 is 1.84 bits per heavy atom. The van der Waals surface area contributed by atoms with E-state index in [-0.39, 0.29) is 12.2 Å². The maximum atomic E-state index is 5.40. The molecule has 3 heterocycles. The van der Waals surface area contributed by atoms with E-state index in [1.165, 1.54) is 0 Å². The molecule has 0 atom stereocenters. The number of azo groups is 1. The van der Waals surface area contributed by atoms with Gasteiger partial charge in [-0.05, 0) is 30.7 Å². The van der Waals surface area contributed by atoms with Crippen molar-refractivity contribution in [1.29, 1.82) is 0 Å². The number of aryl methyl sites for hydroxylation is 1. The van der Waals surface area contributed by atoms with E-state index in [1.807, 2.05) is 40.9 Å². The van der Waals surface area contributed by atoms with Gasteiger partial charge in [0.25, 0.3) is 0 Å². The highest BCUT2D eigenvalue weighted by molar-refractivity contribution is 5.56. The van der Waals surface area contributed by atoms with E-state index >= 15 is 0 Å². The fraction of sp³-hybridized carbons (Fsp3) is 0.316. The molecule has 128 valence electrons. The number of benzene rings is 1. The Bertz CT molecular complexity index is 983. The van der Waals surface area contributed by atoms with Crippen LogP contribution in [-0.2, 0) is 5.41 Å². The first-order chi connectivity index (χ1) is 11.9. The lowest BCUT2D eigenvalue weighted by atomic mass is 9.92. The minimum absolute atomic E-state index is 0.136. The lowest BCUT2D eigenvalue weighted by Crippen LogP contribution is -2.11. The third-order valence-electron chi connectivity index (χ3n) is 4.07. The molecule has 25 heavy (non-hydrogen) atoms. The predicted octanol–water partition coefficient (Wildman–Crippen LogP) is 5.08. The molecule has 0 unspecified atom stereocenters. The highest BCUT2D eigenvalue weighted by Crippen LogP contribution is 2.37. The second kappa shape index (κ2) is 5.58. The molecule has 0 amide bonds. The van der Waals surface area contributed by atoms with Crippen molar-refractivity contribution in [3.05, 3.63) is 47.8 Å². The van der Waals surface area contributed by atoms with Crippen LogP contribution in [0.1, 0.15) is 32.0 Å². The number of hydrogen-bond acceptors (Lipinski definition) is 5. The van der Waals surface area contributed by atoms with Crippen molar-refractivity contribution in [2.75, 3.05) is 6.79 Å². The zero-order valence-corrected chi connectivity index (χ0v) is 14.8. The minimum Gasteiger partial charge on any atom is -0.454 e. The van der Waals surface area contributed by atoms with Gasteiger partial charge in [0, 0.05) is 17.7 Å². The van der Waals surface area contributed by atoms with Crippen molar-refractivity contribution in [3.8, 4) is 11.5 Å². The van der Waals surface area contributed by atoms with Crippen LogP contribution in [0.2, 0.25) is 0 Å². The summed E-state index contributed by atoms with van der Waals surface area (Å²) < 4.78 is 12.7. The summed E-state index contributed by atoms with van der Waals surface area (Å²) in [6, 6.07) is 9.59. The molecule has 4 rings (SSSR count). The summed E-state index contributed by atoms with van der Waals surface area (Å²) in [6.07, 6.45) is 2.03. The Balaban J connectivity index is 1.81. The van der Waals surface area contributed by atoms with Gasteiger partial charge in [-0.15, -0.1) is 10.2 Å². The van der Waals surface area contributed by atoms with Gasteiger partial charge in [0.05, 0.1) is 11.4 Å². The highest BCUT2D eigenvalue weighted by Gasteiger charge is 2.24. The van der Waals surface area contributed by atoms with Gasteiger partial charge in [0.1, 0.15) is 5.65 Å². The van der Waals surface area contributed by atoms with Gasteiger partial charge in [0.15, 0.2) is 17.3 Å². The Morgan fingerprint density at radius 3 is 2.64 bits per heavy atom. The van der Waals surface area contributed by atoms with Crippen LogP contribution in [0, 0.1) is 6.92 Å². The molecule has 0 radical (unpaired) electrons. The number of imidazole rings is 1. The third kappa shape index (κ3) is 2.84. The minimum atomic E-state index is -0.136. The number of ether oxygens (including phenoxy) is 2. The van der Waals surface area contributed by atoms with E-state index in [0.29, 0.717) is 11.4 Å². The first-order valence-electron chi connectivity index (χ1n) is 8.22. The molecule has 0 saturated heterocycles. The van der Waals surface area contributed by atoms with Gasteiger partial charge in [-0.2, -0.15) is 0 Å². The molecular weight excluding hydrogens is 316 g/mol. The van der Waals surface area contributed by atoms with Crippen LogP contribution in [0.3, 0.4) is 0 Å². The highest BCUT2D eigenvalue weighted by atomic mass is 16.7. The molecule has 1 aliphatic rings. The number of pyridine rings is 1. The Morgan fingerprint density at radius 1 is 1.04 bits per heavy atom. The standard InChI is InChI=1S/C19H20N4O2/c1-12-5-8-16-20-17(19(2,3)4)18(23(16)10-12)22-21-13-6-7-14-15(9-13)25-11-24-14/h5-10H,11H2,1-4H3. The Kier molecular flexibility index (Phi) is 3.49. The zero-order chi connectivity index (χ0) is 17.6. The van der Waals surface area contributed by atoms with Crippen molar-refractivity contribution in [3.63, 3.8) is 0 Å². The molecule has 6 heteroatoms. The Labute approximate surface area is 146 Å². The summed E-state index contributed by atoms with van der Waals surface area (Å²) in [7, 11) is 0. The molecule has 0 aliphatic carbocycles. The topological polar surface area (TPSA) is 60.5 Å². The van der Waals surface area contributed by atoms with Gasteiger partial charge in [-0.25, -0.2) is 4.98 Å². The van der Waals surface area contributed by atoms with E-state index < -0.39 is 0 Å². The molecule has 0 bridgehead atoms. The molecule has 6 nitrogen and oxygen atoms in total. The van der Waals surface area contributed by atoms with Crippen LogP contribution in [0.4, 0.5) is 11.5 Å². The molecule has 1 aliphatic heterocycles. The number of nitrogens with zero attached hydrogens (tertiary/aromatic N) is 4. The smallest absolute Gasteiger partial charge is 0.231 e. The van der Waals surface area contributed by atoms with Crippen LogP contribution < -0.4 is 9.47 Å². The fourth-order valence-corrected chi connectivity index (χ4v) is 2.79.